The minimum absolute atomic E-state index is 0.734. The van der Waals surface area contributed by atoms with Crippen molar-refractivity contribution in [3.63, 3.8) is 0 Å². The SMILES string of the molecule is CCCNC1CCC(CC)CC1N(CC)CC. The highest BCUT2D eigenvalue weighted by Crippen LogP contribution is 2.30. The monoisotopic (exact) mass is 240 g/mol. The van der Waals surface area contributed by atoms with Gasteiger partial charge in [-0.1, -0.05) is 34.1 Å². The molecule has 0 heterocycles. The molecule has 1 rings (SSSR count). The molecule has 0 spiro atoms. The smallest absolute Gasteiger partial charge is 0.0251 e. The summed E-state index contributed by atoms with van der Waals surface area (Å²) in [7, 11) is 0. The van der Waals surface area contributed by atoms with Crippen molar-refractivity contribution in [1.29, 1.82) is 0 Å². The maximum Gasteiger partial charge on any atom is 0.0251 e. The number of nitrogens with zero attached hydrogens (tertiary/aromatic N) is 1. The summed E-state index contributed by atoms with van der Waals surface area (Å²) in [6.45, 7) is 12.8. The summed E-state index contributed by atoms with van der Waals surface area (Å²) in [5, 5.41) is 3.77. The second-order valence-corrected chi connectivity index (χ2v) is 5.44. The standard InChI is InChI=1S/C15H32N2/c1-5-11-16-14-10-9-13(6-2)12-15(14)17(7-3)8-4/h13-16H,5-12H2,1-4H3. The first-order valence-electron chi connectivity index (χ1n) is 7.74. The normalized spacial score (nSPS) is 29.8. The lowest BCUT2D eigenvalue weighted by molar-refractivity contribution is 0.105. The Balaban J connectivity index is 2.59. The Hall–Kier alpha value is -0.0800. The van der Waals surface area contributed by atoms with E-state index in [0.717, 1.165) is 18.0 Å². The van der Waals surface area contributed by atoms with Crippen molar-refractivity contribution in [2.45, 2.75) is 71.9 Å². The van der Waals surface area contributed by atoms with Gasteiger partial charge in [0.1, 0.15) is 0 Å². The molecule has 2 nitrogen and oxygen atoms in total. The summed E-state index contributed by atoms with van der Waals surface area (Å²) in [5.41, 5.74) is 0. The fraction of sp³-hybridized carbons (Fsp3) is 1.00. The highest BCUT2D eigenvalue weighted by atomic mass is 15.2. The fourth-order valence-corrected chi connectivity index (χ4v) is 3.27. The van der Waals surface area contributed by atoms with Crippen molar-refractivity contribution < 1.29 is 0 Å². The van der Waals surface area contributed by atoms with E-state index in [9.17, 15) is 0 Å². The van der Waals surface area contributed by atoms with Gasteiger partial charge in [0.2, 0.25) is 0 Å². The third-order valence-electron chi connectivity index (χ3n) is 4.44. The molecular weight excluding hydrogens is 208 g/mol. The molecule has 0 aromatic rings. The Morgan fingerprint density at radius 2 is 1.76 bits per heavy atom. The van der Waals surface area contributed by atoms with Crippen LogP contribution in [0, 0.1) is 5.92 Å². The molecule has 1 aliphatic rings. The molecule has 2 heteroatoms. The third kappa shape index (κ3) is 4.26. The molecule has 1 aliphatic carbocycles. The maximum atomic E-state index is 3.77. The van der Waals surface area contributed by atoms with Gasteiger partial charge in [-0.3, -0.25) is 4.90 Å². The van der Waals surface area contributed by atoms with Gasteiger partial charge in [0.25, 0.3) is 0 Å². The van der Waals surface area contributed by atoms with E-state index >= 15 is 0 Å². The Labute approximate surface area is 108 Å². The van der Waals surface area contributed by atoms with Gasteiger partial charge in [-0.25, -0.2) is 0 Å². The van der Waals surface area contributed by atoms with E-state index in [4.69, 9.17) is 0 Å². The molecule has 0 aromatic carbocycles. The van der Waals surface area contributed by atoms with E-state index in [1.165, 1.54) is 51.7 Å². The molecule has 0 bridgehead atoms. The van der Waals surface area contributed by atoms with Crippen LogP contribution in [0.4, 0.5) is 0 Å². The van der Waals surface area contributed by atoms with Crippen molar-refractivity contribution in [3.8, 4) is 0 Å². The average molecular weight is 240 g/mol. The van der Waals surface area contributed by atoms with Gasteiger partial charge in [-0.15, -0.1) is 0 Å². The Kier molecular flexibility index (Phi) is 7.14. The molecule has 0 aromatic heterocycles. The van der Waals surface area contributed by atoms with Crippen LogP contribution in [0.5, 0.6) is 0 Å². The van der Waals surface area contributed by atoms with E-state index in [2.05, 4.69) is 37.9 Å². The molecule has 0 aliphatic heterocycles. The summed E-state index contributed by atoms with van der Waals surface area (Å²) in [4.78, 5) is 2.66. The second-order valence-electron chi connectivity index (χ2n) is 5.44. The Morgan fingerprint density at radius 3 is 2.29 bits per heavy atom. The van der Waals surface area contributed by atoms with E-state index in [1.54, 1.807) is 0 Å². The van der Waals surface area contributed by atoms with Gasteiger partial charge in [0.05, 0.1) is 0 Å². The van der Waals surface area contributed by atoms with Crippen molar-refractivity contribution in [2.75, 3.05) is 19.6 Å². The quantitative estimate of drug-likeness (QED) is 0.735. The molecule has 1 saturated carbocycles. The predicted molar refractivity (Wildman–Crippen MR) is 76.4 cm³/mol. The second kappa shape index (κ2) is 8.10. The molecule has 1 fully saturated rings. The first-order valence-corrected chi connectivity index (χ1v) is 7.74. The summed E-state index contributed by atoms with van der Waals surface area (Å²) in [6, 6.07) is 1.51. The largest absolute Gasteiger partial charge is 0.312 e. The molecule has 0 radical (unpaired) electrons. The van der Waals surface area contributed by atoms with Crippen molar-refractivity contribution in [1.82, 2.24) is 10.2 Å². The van der Waals surface area contributed by atoms with E-state index in [0.29, 0.717) is 0 Å². The van der Waals surface area contributed by atoms with Crippen LogP contribution in [0.3, 0.4) is 0 Å². The molecular formula is C15H32N2. The zero-order valence-electron chi connectivity index (χ0n) is 12.3. The van der Waals surface area contributed by atoms with E-state index < -0.39 is 0 Å². The highest BCUT2D eigenvalue weighted by molar-refractivity contribution is 4.90. The zero-order valence-corrected chi connectivity index (χ0v) is 12.3. The minimum atomic E-state index is 0.734. The van der Waals surface area contributed by atoms with Crippen LogP contribution in [0.25, 0.3) is 0 Å². The zero-order chi connectivity index (χ0) is 12.7. The average Bonchev–Trinajstić information content (AvgIpc) is 2.38. The van der Waals surface area contributed by atoms with Gasteiger partial charge < -0.3 is 5.32 Å². The number of likely N-dealkylation sites (N-methyl/N-ethyl adjacent to an activating group) is 1. The molecule has 3 atom stereocenters. The van der Waals surface area contributed by atoms with E-state index in [1.807, 2.05) is 0 Å². The van der Waals surface area contributed by atoms with Gasteiger partial charge in [0, 0.05) is 12.1 Å². The van der Waals surface area contributed by atoms with Crippen LogP contribution in [-0.4, -0.2) is 36.6 Å². The van der Waals surface area contributed by atoms with Crippen LogP contribution in [0.2, 0.25) is 0 Å². The molecule has 0 saturated heterocycles. The molecule has 3 unspecified atom stereocenters. The van der Waals surface area contributed by atoms with Crippen molar-refractivity contribution in [2.24, 2.45) is 5.92 Å². The highest BCUT2D eigenvalue weighted by Gasteiger charge is 2.32. The van der Waals surface area contributed by atoms with Crippen molar-refractivity contribution in [3.05, 3.63) is 0 Å². The lowest BCUT2D eigenvalue weighted by Gasteiger charge is -2.42. The van der Waals surface area contributed by atoms with Gasteiger partial charge in [-0.2, -0.15) is 0 Å². The Morgan fingerprint density at radius 1 is 1.06 bits per heavy atom. The number of rotatable bonds is 7. The molecule has 102 valence electrons. The van der Waals surface area contributed by atoms with Crippen LogP contribution in [0.1, 0.15) is 59.8 Å². The van der Waals surface area contributed by atoms with Gasteiger partial charge >= 0.3 is 0 Å². The van der Waals surface area contributed by atoms with Gasteiger partial charge in [-0.05, 0) is 51.2 Å². The minimum Gasteiger partial charge on any atom is -0.312 e. The van der Waals surface area contributed by atoms with Crippen LogP contribution in [0.15, 0.2) is 0 Å². The number of hydrogen-bond donors (Lipinski definition) is 1. The first kappa shape index (κ1) is 15.0. The first-order chi connectivity index (χ1) is 8.26. The molecule has 1 N–H and O–H groups in total. The van der Waals surface area contributed by atoms with E-state index in [-0.39, 0.29) is 0 Å². The fourth-order valence-electron chi connectivity index (χ4n) is 3.27. The van der Waals surface area contributed by atoms with Crippen molar-refractivity contribution >= 4 is 0 Å². The number of hydrogen-bond acceptors (Lipinski definition) is 2. The maximum absolute atomic E-state index is 3.77. The number of nitrogens with one attached hydrogen (secondary N) is 1. The molecule has 17 heavy (non-hydrogen) atoms. The van der Waals surface area contributed by atoms with Gasteiger partial charge in [0.15, 0.2) is 0 Å². The summed E-state index contributed by atoms with van der Waals surface area (Å²) in [5.74, 6) is 0.959. The predicted octanol–water partition coefficient (Wildman–Crippen LogP) is 3.28. The topological polar surface area (TPSA) is 15.3 Å². The van der Waals surface area contributed by atoms with Crippen LogP contribution in [-0.2, 0) is 0 Å². The Bertz CT molecular complexity index is 189. The summed E-state index contributed by atoms with van der Waals surface area (Å²) < 4.78 is 0. The lowest BCUT2D eigenvalue weighted by atomic mass is 9.80. The molecule has 0 amide bonds. The summed E-state index contributed by atoms with van der Waals surface area (Å²) >= 11 is 0. The van der Waals surface area contributed by atoms with Crippen LogP contribution < -0.4 is 5.32 Å². The third-order valence-corrected chi connectivity index (χ3v) is 4.44. The summed E-state index contributed by atoms with van der Waals surface area (Å²) in [6.07, 6.45) is 6.81. The van der Waals surface area contributed by atoms with Crippen LogP contribution >= 0.6 is 0 Å². The lowest BCUT2D eigenvalue weighted by Crippen LogP contribution is -2.53.